The number of hydrogen-bond acceptors (Lipinski definition) is 4. The molecule has 0 atom stereocenters. The summed E-state index contributed by atoms with van der Waals surface area (Å²) in [6, 6.07) is 80.1. The first-order valence-corrected chi connectivity index (χ1v) is 23.8. The van der Waals surface area contributed by atoms with Gasteiger partial charge in [0.25, 0.3) is 0 Å². The maximum atomic E-state index is 9.81. The van der Waals surface area contributed by atoms with Crippen LogP contribution >= 0.6 is 0 Å². The minimum Gasteiger partial charge on any atom is -0.491 e. The lowest BCUT2D eigenvalue weighted by molar-refractivity contribution is 0.203. The summed E-state index contributed by atoms with van der Waals surface area (Å²) in [5.74, 6) is 1.51. The first-order valence-electron chi connectivity index (χ1n) is 23.8. The molecule has 0 bridgehead atoms. The minimum absolute atomic E-state index is 0.0657. The van der Waals surface area contributed by atoms with Gasteiger partial charge in [0.1, 0.15) is 24.7 Å². The van der Waals surface area contributed by atoms with Crippen molar-refractivity contribution in [3.63, 3.8) is 0 Å². The molecular formula is C65H46O4. The van der Waals surface area contributed by atoms with Crippen LogP contribution in [0.3, 0.4) is 0 Å². The van der Waals surface area contributed by atoms with Crippen LogP contribution in [0.5, 0.6) is 11.5 Å². The largest absolute Gasteiger partial charge is 0.491 e. The van der Waals surface area contributed by atoms with Gasteiger partial charge in [-0.25, -0.2) is 0 Å². The Morgan fingerprint density at radius 1 is 0.304 bits per heavy atom. The molecule has 0 aromatic heterocycles. The lowest BCUT2D eigenvalue weighted by Gasteiger charge is -2.37. The molecule has 4 nitrogen and oxygen atoms in total. The fraction of sp³-hybridized carbons (Fsp3) is 0.0769. The van der Waals surface area contributed by atoms with Gasteiger partial charge in [-0.1, -0.05) is 182 Å². The highest BCUT2D eigenvalue weighted by molar-refractivity contribution is 6.13. The Morgan fingerprint density at radius 2 is 0.696 bits per heavy atom. The van der Waals surface area contributed by atoms with Crippen LogP contribution in [0.2, 0.25) is 0 Å². The van der Waals surface area contributed by atoms with Gasteiger partial charge in [-0.15, -0.1) is 0 Å². The molecule has 0 radical (unpaired) electrons. The Morgan fingerprint density at radius 3 is 1.14 bits per heavy atom. The van der Waals surface area contributed by atoms with Crippen molar-refractivity contribution >= 4 is 64.6 Å². The average Bonchev–Trinajstić information content (AvgIpc) is 3.73. The molecule has 0 amide bonds. The Bertz CT molecular complexity index is 3760. The predicted molar refractivity (Wildman–Crippen MR) is 285 cm³/mol. The lowest BCUT2D eigenvalue weighted by atomic mass is 9.64. The molecule has 0 spiro atoms. The first-order chi connectivity index (χ1) is 34.1. The van der Waals surface area contributed by atoms with Gasteiger partial charge >= 0.3 is 0 Å². The predicted octanol–water partition coefficient (Wildman–Crippen LogP) is 15.0. The number of rotatable bonds is 10. The second-order valence-electron chi connectivity index (χ2n) is 18.2. The SMILES string of the molecule is OCCOc1cc2ccc(C3(c4ccc5cc(OCCO)c6ccccc6c5c4)c4c(-c5ccc6ccccc6c5)cccc4-c4cccc(-c5ccc6ccccc6c5)c43)cc2c2ccccc12. The quantitative estimate of drug-likeness (QED) is 0.134. The highest BCUT2D eigenvalue weighted by Gasteiger charge is 2.49. The Balaban J connectivity index is 1.20. The highest BCUT2D eigenvalue weighted by Crippen LogP contribution is 2.62. The molecule has 1 aliphatic carbocycles. The van der Waals surface area contributed by atoms with Gasteiger partial charge in [0, 0.05) is 10.8 Å². The second-order valence-corrected chi connectivity index (χ2v) is 18.2. The molecule has 2 N–H and O–H groups in total. The Labute approximate surface area is 399 Å². The topological polar surface area (TPSA) is 58.9 Å². The van der Waals surface area contributed by atoms with E-state index in [0.29, 0.717) is 0 Å². The zero-order valence-electron chi connectivity index (χ0n) is 37.8. The van der Waals surface area contributed by atoms with Crippen LogP contribution in [0, 0.1) is 0 Å². The highest BCUT2D eigenvalue weighted by atomic mass is 16.5. The molecule has 69 heavy (non-hydrogen) atoms. The molecule has 1 aliphatic rings. The second kappa shape index (κ2) is 16.5. The molecule has 0 saturated carbocycles. The maximum Gasteiger partial charge on any atom is 0.127 e. The minimum atomic E-state index is -0.863. The molecule has 0 aliphatic heterocycles. The van der Waals surface area contributed by atoms with E-state index in [2.05, 4.69) is 218 Å². The van der Waals surface area contributed by atoms with Crippen LogP contribution < -0.4 is 9.47 Å². The van der Waals surface area contributed by atoms with Crippen LogP contribution in [0.4, 0.5) is 0 Å². The summed E-state index contributed by atoms with van der Waals surface area (Å²) in [6.07, 6.45) is 0. The smallest absolute Gasteiger partial charge is 0.127 e. The van der Waals surface area contributed by atoms with Gasteiger partial charge < -0.3 is 19.7 Å². The van der Waals surface area contributed by atoms with E-state index in [9.17, 15) is 10.2 Å². The molecule has 12 aromatic rings. The standard InChI is InChI=1S/C65H46O4/c66-31-33-68-61-37-47-27-29-49(39-59(47)53-15-5-7-17-55(53)61)65(50-30-28-48-38-62(69-34-32-67)56-18-8-6-16-54(56)60(48)40-50)63-51(45-25-23-41-11-1-3-13-43(41)35-45)19-9-21-57(63)58-22-10-20-52(64(58)65)46-26-24-42-12-2-4-14-44(42)36-46/h1-30,35-40,66-67H,31-34H2. The summed E-state index contributed by atoms with van der Waals surface area (Å²) < 4.78 is 12.4. The Hall–Kier alpha value is -8.28. The zero-order chi connectivity index (χ0) is 46.1. The van der Waals surface area contributed by atoms with Crippen molar-refractivity contribution in [3.05, 3.63) is 241 Å². The van der Waals surface area contributed by atoms with Crippen LogP contribution in [0.1, 0.15) is 22.3 Å². The van der Waals surface area contributed by atoms with Crippen LogP contribution in [-0.4, -0.2) is 36.6 Å². The maximum absolute atomic E-state index is 9.81. The molecule has 0 fully saturated rings. The normalized spacial score (nSPS) is 12.8. The number of ether oxygens (including phenoxy) is 2. The summed E-state index contributed by atoms with van der Waals surface area (Å²) in [7, 11) is 0. The van der Waals surface area contributed by atoms with Gasteiger partial charge in [-0.3, -0.25) is 0 Å². The third kappa shape index (κ3) is 6.44. The van der Waals surface area contributed by atoms with E-state index >= 15 is 0 Å². The van der Waals surface area contributed by atoms with Gasteiger partial charge in [0.2, 0.25) is 0 Å². The van der Waals surface area contributed by atoms with E-state index in [1.54, 1.807) is 0 Å². The van der Waals surface area contributed by atoms with E-state index < -0.39 is 5.41 Å². The number of fused-ring (bicyclic) bond motifs is 11. The van der Waals surface area contributed by atoms with Gasteiger partial charge in [-0.2, -0.15) is 0 Å². The van der Waals surface area contributed by atoms with E-state index in [-0.39, 0.29) is 26.4 Å². The van der Waals surface area contributed by atoms with Crippen molar-refractivity contribution in [3.8, 4) is 44.9 Å². The van der Waals surface area contributed by atoms with E-state index in [0.717, 1.165) is 76.8 Å². The van der Waals surface area contributed by atoms with Crippen LogP contribution in [0.25, 0.3) is 98.0 Å². The van der Waals surface area contributed by atoms with Crippen molar-refractivity contribution in [2.45, 2.75) is 5.41 Å². The fourth-order valence-electron chi connectivity index (χ4n) is 11.6. The molecule has 12 aromatic carbocycles. The number of hydrogen-bond donors (Lipinski definition) is 2. The molecule has 0 unspecified atom stereocenters. The molecule has 0 saturated heterocycles. The van der Waals surface area contributed by atoms with Crippen molar-refractivity contribution in [1.82, 2.24) is 0 Å². The zero-order valence-corrected chi connectivity index (χ0v) is 37.8. The van der Waals surface area contributed by atoms with Crippen molar-refractivity contribution in [2.75, 3.05) is 26.4 Å². The third-order valence-corrected chi connectivity index (χ3v) is 14.5. The molecule has 4 heteroatoms. The monoisotopic (exact) mass is 890 g/mol. The molecule has 13 rings (SSSR count). The summed E-state index contributed by atoms with van der Waals surface area (Å²) in [4.78, 5) is 0. The first kappa shape index (κ1) is 41.0. The van der Waals surface area contributed by atoms with Crippen LogP contribution in [0.15, 0.2) is 218 Å². The molecule has 330 valence electrons. The number of benzene rings is 12. The summed E-state index contributed by atoms with van der Waals surface area (Å²) in [5.41, 5.74) is 11.0. The van der Waals surface area contributed by atoms with Gasteiger partial charge in [0.05, 0.1) is 18.6 Å². The van der Waals surface area contributed by atoms with E-state index in [1.807, 2.05) is 0 Å². The Kier molecular flexibility index (Phi) is 9.79. The number of aliphatic hydroxyl groups excluding tert-OH is 2. The van der Waals surface area contributed by atoms with E-state index in [1.165, 1.54) is 54.9 Å². The van der Waals surface area contributed by atoms with E-state index in [4.69, 9.17) is 9.47 Å². The van der Waals surface area contributed by atoms with Gasteiger partial charge in [0.15, 0.2) is 0 Å². The third-order valence-electron chi connectivity index (χ3n) is 14.5. The van der Waals surface area contributed by atoms with Crippen molar-refractivity contribution in [1.29, 1.82) is 0 Å². The summed E-state index contributed by atoms with van der Waals surface area (Å²) in [6.45, 7) is 0.295. The van der Waals surface area contributed by atoms with Crippen LogP contribution in [-0.2, 0) is 5.41 Å². The molecule has 0 heterocycles. The summed E-state index contributed by atoms with van der Waals surface area (Å²) >= 11 is 0. The lowest BCUT2D eigenvalue weighted by Crippen LogP contribution is -2.30. The molecular weight excluding hydrogens is 845 g/mol. The van der Waals surface area contributed by atoms with Gasteiger partial charge in [-0.05, 0) is 146 Å². The van der Waals surface area contributed by atoms with Crippen molar-refractivity contribution < 1.29 is 19.7 Å². The number of aliphatic hydroxyl groups is 2. The van der Waals surface area contributed by atoms with Crippen molar-refractivity contribution in [2.24, 2.45) is 0 Å². The average molecular weight is 891 g/mol. The summed E-state index contributed by atoms with van der Waals surface area (Å²) in [5, 5.41) is 33.0. The fourth-order valence-corrected chi connectivity index (χ4v) is 11.6.